The van der Waals surface area contributed by atoms with Crippen LogP contribution in [0.1, 0.15) is 17.3 Å². The average molecular weight is 343 g/mol. The zero-order valence-electron chi connectivity index (χ0n) is 9.14. The second kappa shape index (κ2) is 5.31. The number of rotatable bonds is 3. The molecule has 0 aliphatic heterocycles. The quantitative estimate of drug-likeness (QED) is 0.635. The molecule has 0 saturated heterocycles. The zero-order valence-corrected chi connectivity index (χ0v) is 11.3. The van der Waals surface area contributed by atoms with Gasteiger partial charge in [-0.25, -0.2) is 4.79 Å². The number of nitrogens with zero attached hydrogens (tertiary/aromatic N) is 1. The van der Waals surface area contributed by atoms with Crippen molar-refractivity contribution in [3.8, 4) is 11.3 Å². The first-order chi connectivity index (χ1) is 8.22. The van der Waals surface area contributed by atoms with Gasteiger partial charge < -0.3 is 9.26 Å². The van der Waals surface area contributed by atoms with Gasteiger partial charge in [0.25, 0.3) is 0 Å². The largest absolute Gasteiger partial charge is 0.462 e. The standard InChI is InChI=1S/C12H10INO3/c1-2-16-12(15)10-7-14-17-11(10)8-3-5-9(13)6-4-8/h3-7H,2H2,1H3. The summed E-state index contributed by atoms with van der Waals surface area (Å²) >= 11 is 2.21. The lowest BCUT2D eigenvalue weighted by Gasteiger charge is -2.01. The van der Waals surface area contributed by atoms with E-state index in [0.717, 1.165) is 9.13 Å². The molecule has 2 aromatic rings. The number of hydrogen-bond acceptors (Lipinski definition) is 4. The summed E-state index contributed by atoms with van der Waals surface area (Å²) in [6, 6.07) is 7.64. The summed E-state index contributed by atoms with van der Waals surface area (Å²) < 4.78 is 11.2. The smallest absolute Gasteiger partial charge is 0.343 e. The van der Waals surface area contributed by atoms with Crippen LogP contribution < -0.4 is 0 Å². The van der Waals surface area contributed by atoms with E-state index in [1.165, 1.54) is 6.20 Å². The fraction of sp³-hybridized carbons (Fsp3) is 0.167. The highest BCUT2D eigenvalue weighted by molar-refractivity contribution is 14.1. The zero-order chi connectivity index (χ0) is 12.3. The van der Waals surface area contributed by atoms with E-state index in [4.69, 9.17) is 9.26 Å². The maximum atomic E-state index is 11.6. The normalized spacial score (nSPS) is 10.2. The Bertz CT molecular complexity index is 519. The van der Waals surface area contributed by atoms with Crippen LogP contribution in [0.2, 0.25) is 0 Å². The molecule has 1 aromatic carbocycles. The number of benzene rings is 1. The van der Waals surface area contributed by atoms with Crippen molar-refractivity contribution in [3.63, 3.8) is 0 Å². The second-order valence-electron chi connectivity index (χ2n) is 3.30. The minimum atomic E-state index is -0.415. The fourth-order valence-electron chi connectivity index (χ4n) is 1.40. The molecule has 0 atom stereocenters. The number of halogens is 1. The lowest BCUT2D eigenvalue weighted by molar-refractivity contribution is 0.0527. The van der Waals surface area contributed by atoms with Gasteiger partial charge in [-0.05, 0) is 41.6 Å². The highest BCUT2D eigenvalue weighted by Crippen LogP contribution is 2.24. The molecule has 0 amide bonds. The molecule has 17 heavy (non-hydrogen) atoms. The maximum Gasteiger partial charge on any atom is 0.343 e. The van der Waals surface area contributed by atoms with Gasteiger partial charge in [0, 0.05) is 9.13 Å². The van der Waals surface area contributed by atoms with Crippen LogP contribution in [-0.4, -0.2) is 17.7 Å². The van der Waals surface area contributed by atoms with Gasteiger partial charge in [0.1, 0.15) is 5.56 Å². The summed E-state index contributed by atoms with van der Waals surface area (Å²) in [5.74, 6) is 0.0298. The summed E-state index contributed by atoms with van der Waals surface area (Å²) in [6.07, 6.45) is 1.38. The summed E-state index contributed by atoms with van der Waals surface area (Å²) in [5, 5.41) is 3.65. The number of carbonyl (C=O) groups is 1. The van der Waals surface area contributed by atoms with E-state index in [2.05, 4.69) is 27.7 Å². The van der Waals surface area contributed by atoms with Crippen LogP contribution in [0.15, 0.2) is 35.0 Å². The third kappa shape index (κ3) is 2.66. The van der Waals surface area contributed by atoms with Crippen LogP contribution >= 0.6 is 22.6 Å². The lowest BCUT2D eigenvalue weighted by atomic mass is 10.1. The molecule has 88 valence electrons. The minimum absolute atomic E-state index is 0.330. The fourth-order valence-corrected chi connectivity index (χ4v) is 1.76. The number of hydrogen-bond donors (Lipinski definition) is 0. The number of aromatic nitrogens is 1. The topological polar surface area (TPSA) is 52.3 Å². The Morgan fingerprint density at radius 1 is 1.41 bits per heavy atom. The first kappa shape index (κ1) is 12.1. The van der Waals surface area contributed by atoms with E-state index in [0.29, 0.717) is 17.9 Å². The Labute approximate surface area is 112 Å². The van der Waals surface area contributed by atoms with Gasteiger partial charge in [0.15, 0.2) is 5.76 Å². The van der Waals surface area contributed by atoms with E-state index in [1.807, 2.05) is 24.3 Å². The number of esters is 1. The van der Waals surface area contributed by atoms with Crippen LogP contribution in [0, 0.1) is 3.57 Å². The predicted octanol–water partition coefficient (Wildman–Crippen LogP) is 3.12. The Hall–Kier alpha value is -1.37. The van der Waals surface area contributed by atoms with Gasteiger partial charge in [-0.15, -0.1) is 0 Å². The molecular formula is C12H10INO3. The Morgan fingerprint density at radius 2 is 2.12 bits per heavy atom. The molecule has 0 radical (unpaired) electrons. The van der Waals surface area contributed by atoms with Crippen molar-refractivity contribution in [2.75, 3.05) is 6.61 Å². The minimum Gasteiger partial charge on any atom is -0.462 e. The molecule has 0 fully saturated rings. The van der Waals surface area contributed by atoms with E-state index in [9.17, 15) is 4.79 Å². The van der Waals surface area contributed by atoms with Crippen molar-refractivity contribution in [2.45, 2.75) is 6.92 Å². The van der Waals surface area contributed by atoms with Crippen molar-refractivity contribution in [1.82, 2.24) is 5.16 Å². The molecule has 0 N–H and O–H groups in total. The molecule has 1 aromatic heterocycles. The number of ether oxygens (including phenoxy) is 1. The maximum absolute atomic E-state index is 11.6. The summed E-state index contributed by atoms with van der Waals surface area (Å²) in [6.45, 7) is 2.09. The monoisotopic (exact) mass is 343 g/mol. The second-order valence-corrected chi connectivity index (χ2v) is 4.54. The van der Waals surface area contributed by atoms with Crippen molar-refractivity contribution < 1.29 is 14.1 Å². The SMILES string of the molecule is CCOC(=O)c1cnoc1-c1ccc(I)cc1. The molecule has 0 unspecified atom stereocenters. The Balaban J connectivity index is 2.36. The Kier molecular flexibility index (Phi) is 3.78. The molecular weight excluding hydrogens is 333 g/mol. The third-order valence-electron chi connectivity index (χ3n) is 2.17. The van der Waals surface area contributed by atoms with Gasteiger partial charge in [0.05, 0.1) is 12.8 Å². The van der Waals surface area contributed by atoms with Crippen molar-refractivity contribution in [3.05, 3.63) is 39.6 Å². The van der Waals surface area contributed by atoms with Crippen LogP contribution in [0.3, 0.4) is 0 Å². The van der Waals surface area contributed by atoms with Crippen molar-refractivity contribution in [1.29, 1.82) is 0 Å². The van der Waals surface area contributed by atoms with E-state index in [-0.39, 0.29) is 0 Å². The lowest BCUT2D eigenvalue weighted by Crippen LogP contribution is -2.04. The van der Waals surface area contributed by atoms with Gasteiger partial charge >= 0.3 is 5.97 Å². The first-order valence-corrected chi connectivity index (χ1v) is 6.18. The van der Waals surface area contributed by atoms with Crippen molar-refractivity contribution >= 4 is 28.6 Å². The van der Waals surface area contributed by atoms with Crippen LogP contribution in [0.25, 0.3) is 11.3 Å². The highest BCUT2D eigenvalue weighted by Gasteiger charge is 2.18. The van der Waals surface area contributed by atoms with Crippen LogP contribution in [0.5, 0.6) is 0 Å². The van der Waals surface area contributed by atoms with Gasteiger partial charge in [0.2, 0.25) is 0 Å². The van der Waals surface area contributed by atoms with Crippen LogP contribution in [0.4, 0.5) is 0 Å². The highest BCUT2D eigenvalue weighted by atomic mass is 127. The van der Waals surface area contributed by atoms with E-state index in [1.54, 1.807) is 6.92 Å². The third-order valence-corrected chi connectivity index (χ3v) is 2.89. The van der Waals surface area contributed by atoms with Gasteiger partial charge in [-0.3, -0.25) is 0 Å². The molecule has 0 aliphatic carbocycles. The predicted molar refractivity (Wildman–Crippen MR) is 70.6 cm³/mol. The van der Waals surface area contributed by atoms with Gasteiger partial charge in [-0.1, -0.05) is 17.3 Å². The molecule has 0 aliphatic rings. The average Bonchev–Trinajstić information content (AvgIpc) is 2.79. The number of carbonyl (C=O) groups excluding carboxylic acids is 1. The molecule has 0 spiro atoms. The van der Waals surface area contributed by atoms with Gasteiger partial charge in [-0.2, -0.15) is 0 Å². The Morgan fingerprint density at radius 3 is 2.76 bits per heavy atom. The van der Waals surface area contributed by atoms with E-state index < -0.39 is 5.97 Å². The first-order valence-electron chi connectivity index (χ1n) is 5.10. The molecule has 5 heteroatoms. The molecule has 1 heterocycles. The summed E-state index contributed by atoms with van der Waals surface area (Å²) in [7, 11) is 0. The van der Waals surface area contributed by atoms with Crippen molar-refractivity contribution in [2.24, 2.45) is 0 Å². The molecule has 2 rings (SSSR count). The summed E-state index contributed by atoms with van der Waals surface area (Å²) in [4.78, 5) is 11.6. The molecule has 4 nitrogen and oxygen atoms in total. The van der Waals surface area contributed by atoms with Crippen LogP contribution in [-0.2, 0) is 4.74 Å². The molecule has 0 saturated carbocycles. The summed E-state index contributed by atoms with van der Waals surface area (Å²) in [5.41, 5.74) is 1.17. The van der Waals surface area contributed by atoms with E-state index >= 15 is 0 Å². The molecule has 0 bridgehead atoms.